The first-order valence-corrected chi connectivity index (χ1v) is 5.44. The van der Waals surface area contributed by atoms with Gasteiger partial charge in [0, 0.05) is 19.3 Å². The van der Waals surface area contributed by atoms with Crippen molar-refractivity contribution in [1.29, 1.82) is 0 Å². The molecule has 3 nitrogen and oxygen atoms in total. The quantitative estimate of drug-likeness (QED) is 0.677. The molecule has 2 heterocycles. The van der Waals surface area contributed by atoms with Crippen LogP contribution in [0, 0.1) is 0 Å². The highest BCUT2D eigenvalue weighted by molar-refractivity contribution is 6.39. The number of rotatable bonds is 2. The van der Waals surface area contributed by atoms with Gasteiger partial charge in [-0.05, 0) is 24.6 Å². The van der Waals surface area contributed by atoms with Crippen molar-refractivity contribution in [2.24, 2.45) is 0 Å². The van der Waals surface area contributed by atoms with Crippen LogP contribution in [0.3, 0.4) is 0 Å². The molecule has 0 atom stereocenters. The van der Waals surface area contributed by atoms with Crippen LogP contribution < -0.4 is 4.81 Å². The smallest absolute Gasteiger partial charge is 0.353 e. The highest BCUT2D eigenvalue weighted by Gasteiger charge is 2.20. The van der Waals surface area contributed by atoms with Crippen molar-refractivity contribution in [2.75, 3.05) is 24.9 Å². The third kappa shape index (κ3) is 2.32. The van der Waals surface area contributed by atoms with Gasteiger partial charge in [-0.2, -0.15) is 0 Å². The Labute approximate surface area is 92.4 Å². The molecule has 0 aromatic carbocycles. The van der Waals surface area contributed by atoms with E-state index in [2.05, 4.69) is 55.2 Å². The molecule has 0 N–H and O–H groups in total. The van der Waals surface area contributed by atoms with Gasteiger partial charge >= 0.3 is 7.55 Å². The molecule has 0 aliphatic carbocycles. The summed E-state index contributed by atoms with van der Waals surface area (Å²) < 4.78 is 0. The van der Waals surface area contributed by atoms with E-state index in [0.717, 1.165) is 18.9 Å². The number of hydrogen-bond donors (Lipinski definition) is 0. The lowest BCUT2D eigenvalue weighted by Gasteiger charge is -2.16. The van der Waals surface area contributed by atoms with Crippen LogP contribution >= 0.6 is 0 Å². The normalized spacial score (nSPS) is 17.2. The summed E-state index contributed by atoms with van der Waals surface area (Å²) in [4.78, 5) is 8.85. The molecule has 0 bridgehead atoms. The van der Waals surface area contributed by atoms with Crippen LogP contribution in [0.15, 0.2) is 18.3 Å². The van der Waals surface area contributed by atoms with Crippen LogP contribution in [-0.2, 0) is 0 Å². The first-order valence-electron chi connectivity index (χ1n) is 5.44. The first kappa shape index (κ1) is 10.5. The maximum absolute atomic E-state index is 4.48. The Balaban J connectivity index is 2.10. The maximum Gasteiger partial charge on any atom is 0.353 e. The lowest BCUT2D eigenvalue weighted by molar-refractivity contribution is 0.590. The predicted octanol–water partition coefficient (Wildman–Crippen LogP) is 1.49. The first-order chi connectivity index (χ1) is 7.16. The molecule has 15 heavy (non-hydrogen) atoms. The van der Waals surface area contributed by atoms with E-state index in [4.69, 9.17) is 0 Å². The molecule has 2 rings (SSSR count). The second kappa shape index (κ2) is 4.23. The minimum absolute atomic E-state index is 0.553. The molecule has 0 spiro atoms. The molecule has 1 radical (unpaired) electrons. The molecule has 1 aromatic rings. The summed E-state index contributed by atoms with van der Waals surface area (Å²) in [6.45, 7) is 6.48. The van der Waals surface area contributed by atoms with Crippen molar-refractivity contribution >= 4 is 13.4 Å². The minimum atomic E-state index is 0.553. The molecule has 0 saturated carbocycles. The topological polar surface area (TPSA) is 19.4 Å². The maximum atomic E-state index is 4.48. The highest BCUT2D eigenvalue weighted by Crippen LogP contribution is 2.18. The zero-order valence-corrected chi connectivity index (χ0v) is 9.64. The largest absolute Gasteiger partial charge is 0.388 e. The van der Waals surface area contributed by atoms with Gasteiger partial charge in [-0.3, -0.25) is 0 Å². The van der Waals surface area contributed by atoms with Crippen molar-refractivity contribution in [3.8, 4) is 0 Å². The Kier molecular flexibility index (Phi) is 2.96. The molecule has 0 amide bonds. The summed E-state index contributed by atoms with van der Waals surface area (Å²) in [5.74, 6) is 1.60. The SMILES string of the molecule is CC(C)c1ccc(N2[B]N(C)CC2)nc1. The zero-order chi connectivity index (χ0) is 10.8. The standard InChI is InChI=1S/C11H17BN3/c1-9(2)10-4-5-11(13-8-10)15-7-6-14(3)12-15/h4-5,8-9H,6-7H2,1-3H3. The fourth-order valence-corrected chi connectivity index (χ4v) is 1.70. The Morgan fingerprint density at radius 2 is 2.13 bits per heavy atom. The van der Waals surface area contributed by atoms with E-state index in [1.807, 2.05) is 6.20 Å². The van der Waals surface area contributed by atoms with Gasteiger partial charge in [0.25, 0.3) is 0 Å². The Morgan fingerprint density at radius 1 is 1.33 bits per heavy atom. The lowest BCUT2D eigenvalue weighted by atomic mass is 10.1. The van der Waals surface area contributed by atoms with E-state index < -0.39 is 0 Å². The molecule has 1 aliphatic heterocycles. The molecule has 1 aliphatic rings. The third-order valence-corrected chi connectivity index (χ3v) is 2.76. The molecule has 1 aromatic heterocycles. The van der Waals surface area contributed by atoms with Crippen LogP contribution in [0.5, 0.6) is 0 Å². The van der Waals surface area contributed by atoms with Gasteiger partial charge in [0.05, 0.1) is 0 Å². The Hall–Kier alpha value is -1.03. The van der Waals surface area contributed by atoms with Gasteiger partial charge in [0.1, 0.15) is 5.82 Å². The van der Waals surface area contributed by atoms with E-state index in [9.17, 15) is 0 Å². The molecule has 4 heteroatoms. The van der Waals surface area contributed by atoms with E-state index in [1.165, 1.54) is 5.56 Å². The van der Waals surface area contributed by atoms with Crippen LogP contribution in [0.4, 0.5) is 5.82 Å². The van der Waals surface area contributed by atoms with Crippen LogP contribution in [-0.4, -0.2) is 37.5 Å². The van der Waals surface area contributed by atoms with Crippen LogP contribution in [0.2, 0.25) is 0 Å². The number of pyridine rings is 1. The molecule has 79 valence electrons. The summed E-state index contributed by atoms with van der Waals surface area (Å²) in [5.41, 5.74) is 1.30. The van der Waals surface area contributed by atoms with Gasteiger partial charge < -0.3 is 9.62 Å². The van der Waals surface area contributed by atoms with Gasteiger partial charge in [-0.1, -0.05) is 19.9 Å². The molecular formula is C11H17BN3. The van der Waals surface area contributed by atoms with Gasteiger partial charge in [0.2, 0.25) is 0 Å². The van der Waals surface area contributed by atoms with E-state index in [0.29, 0.717) is 5.92 Å². The number of anilines is 1. The molecule has 0 unspecified atom stereocenters. The summed E-state index contributed by atoms with van der Waals surface area (Å²) in [6.07, 6.45) is 1.98. The Bertz CT molecular complexity index is 323. The number of nitrogens with zero attached hydrogens (tertiary/aromatic N) is 3. The van der Waals surface area contributed by atoms with Crippen molar-refractivity contribution in [2.45, 2.75) is 19.8 Å². The summed E-state index contributed by atoms with van der Waals surface area (Å²) in [5, 5.41) is 0. The average molecular weight is 202 g/mol. The summed E-state index contributed by atoms with van der Waals surface area (Å²) in [6, 6.07) is 4.27. The van der Waals surface area contributed by atoms with Crippen LogP contribution in [0.1, 0.15) is 25.3 Å². The second-order valence-electron chi connectivity index (χ2n) is 4.39. The number of hydrogen-bond acceptors (Lipinski definition) is 3. The van der Waals surface area contributed by atoms with Crippen molar-refractivity contribution in [1.82, 2.24) is 9.79 Å². The molecular weight excluding hydrogens is 185 g/mol. The molecule has 1 fully saturated rings. The fraction of sp³-hybridized carbons (Fsp3) is 0.545. The fourth-order valence-electron chi connectivity index (χ4n) is 1.70. The highest BCUT2D eigenvalue weighted by atomic mass is 15.3. The number of likely N-dealkylation sites (N-methyl/N-ethyl adjacent to an activating group) is 1. The summed E-state index contributed by atoms with van der Waals surface area (Å²) >= 11 is 0. The second-order valence-corrected chi connectivity index (χ2v) is 4.39. The van der Waals surface area contributed by atoms with E-state index in [-0.39, 0.29) is 0 Å². The van der Waals surface area contributed by atoms with Gasteiger partial charge in [-0.15, -0.1) is 0 Å². The van der Waals surface area contributed by atoms with Crippen molar-refractivity contribution in [3.05, 3.63) is 23.9 Å². The lowest BCUT2D eigenvalue weighted by Crippen LogP contribution is -2.27. The van der Waals surface area contributed by atoms with Crippen LogP contribution in [0.25, 0.3) is 0 Å². The third-order valence-electron chi connectivity index (χ3n) is 2.76. The van der Waals surface area contributed by atoms with Crippen molar-refractivity contribution < 1.29 is 0 Å². The van der Waals surface area contributed by atoms with E-state index >= 15 is 0 Å². The molecule has 1 saturated heterocycles. The van der Waals surface area contributed by atoms with Gasteiger partial charge in [-0.25, -0.2) is 4.98 Å². The van der Waals surface area contributed by atoms with E-state index in [1.54, 1.807) is 0 Å². The number of aromatic nitrogens is 1. The predicted molar refractivity (Wildman–Crippen MR) is 64.1 cm³/mol. The van der Waals surface area contributed by atoms with Gasteiger partial charge in [0.15, 0.2) is 0 Å². The monoisotopic (exact) mass is 202 g/mol. The zero-order valence-electron chi connectivity index (χ0n) is 9.64. The Morgan fingerprint density at radius 3 is 2.60 bits per heavy atom. The minimum Gasteiger partial charge on any atom is -0.388 e. The summed E-state index contributed by atoms with van der Waals surface area (Å²) in [7, 11) is 4.19. The average Bonchev–Trinajstić information content (AvgIpc) is 2.65. The van der Waals surface area contributed by atoms with Crippen molar-refractivity contribution in [3.63, 3.8) is 0 Å².